The largest absolute Gasteiger partial charge is 0.497 e. The van der Waals surface area contributed by atoms with Crippen molar-refractivity contribution in [2.45, 2.75) is 17.9 Å². The third kappa shape index (κ3) is 6.72. The molecule has 0 spiro atoms. The van der Waals surface area contributed by atoms with Crippen molar-refractivity contribution in [1.29, 1.82) is 0 Å². The van der Waals surface area contributed by atoms with Crippen LogP contribution in [0.1, 0.15) is 11.1 Å². The highest BCUT2D eigenvalue weighted by atomic mass is 35.5. The molecule has 3 rings (SSSR count). The minimum Gasteiger partial charge on any atom is -0.497 e. The van der Waals surface area contributed by atoms with Gasteiger partial charge in [0.25, 0.3) is 0 Å². The Morgan fingerprint density at radius 1 is 0.941 bits per heavy atom. The number of ether oxygens (including phenoxy) is 2. The number of nitrogens with one attached hydrogen (secondary N) is 1. The number of hydrogen-bond donors (Lipinski definition) is 1. The van der Waals surface area contributed by atoms with Crippen LogP contribution in [0.2, 0.25) is 5.02 Å². The Kier molecular flexibility index (Phi) is 8.92. The highest BCUT2D eigenvalue weighted by Crippen LogP contribution is 2.30. The SMILES string of the molecule is COc1ccc(CCNC(=O)CN(Cc2ccccc2)S(=O)(=O)c2cc(Cl)ccc2OC)cc1. The molecule has 0 aliphatic rings. The van der Waals surface area contributed by atoms with Gasteiger partial charge in [0.05, 0.1) is 20.8 Å². The van der Waals surface area contributed by atoms with Crippen LogP contribution >= 0.6 is 11.6 Å². The molecule has 1 N–H and O–H groups in total. The summed E-state index contributed by atoms with van der Waals surface area (Å²) in [5, 5.41) is 3.06. The maximum atomic E-state index is 13.6. The maximum Gasteiger partial charge on any atom is 0.247 e. The minimum absolute atomic E-state index is 0.0186. The summed E-state index contributed by atoms with van der Waals surface area (Å²) in [6.45, 7) is 0.0329. The quantitative estimate of drug-likeness (QED) is 0.430. The van der Waals surface area contributed by atoms with E-state index in [1.54, 1.807) is 25.3 Å². The molecule has 0 heterocycles. The number of halogens is 1. The van der Waals surface area contributed by atoms with Gasteiger partial charge < -0.3 is 14.8 Å². The lowest BCUT2D eigenvalue weighted by molar-refractivity contribution is -0.121. The van der Waals surface area contributed by atoms with Gasteiger partial charge in [0, 0.05) is 18.1 Å². The highest BCUT2D eigenvalue weighted by Gasteiger charge is 2.30. The first-order chi connectivity index (χ1) is 16.3. The lowest BCUT2D eigenvalue weighted by Crippen LogP contribution is -2.41. The van der Waals surface area contributed by atoms with Crippen LogP contribution in [0.4, 0.5) is 0 Å². The first-order valence-corrected chi connectivity index (χ1v) is 12.4. The molecule has 180 valence electrons. The second-order valence-corrected chi connectivity index (χ2v) is 9.84. The topological polar surface area (TPSA) is 84.9 Å². The number of hydrogen-bond acceptors (Lipinski definition) is 5. The molecule has 0 saturated carbocycles. The van der Waals surface area contributed by atoms with Crippen LogP contribution in [-0.2, 0) is 27.8 Å². The maximum absolute atomic E-state index is 13.6. The first-order valence-electron chi connectivity index (χ1n) is 10.6. The molecule has 0 saturated heterocycles. The smallest absolute Gasteiger partial charge is 0.247 e. The van der Waals surface area contributed by atoms with Crippen LogP contribution in [0.15, 0.2) is 77.7 Å². The molecule has 1 amide bonds. The second-order valence-electron chi connectivity index (χ2n) is 7.50. The lowest BCUT2D eigenvalue weighted by atomic mass is 10.1. The number of nitrogens with zero attached hydrogens (tertiary/aromatic N) is 1. The van der Waals surface area contributed by atoms with E-state index in [2.05, 4.69) is 5.32 Å². The zero-order chi connectivity index (χ0) is 24.6. The first kappa shape index (κ1) is 25.6. The molecule has 34 heavy (non-hydrogen) atoms. The van der Waals surface area contributed by atoms with Crippen LogP contribution in [0.3, 0.4) is 0 Å². The summed E-state index contributed by atoms with van der Waals surface area (Å²) in [4.78, 5) is 12.6. The molecule has 0 unspecified atom stereocenters. The van der Waals surface area contributed by atoms with Crippen molar-refractivity contribution in [3.8, 4) is 11.5 Å². The van der Waals surface area contributed by atoms with Gasteiger partial charge >= 0.3 is 0 Å². The molecule has 0 bridgehead atoms. The lowest BCUT2D eigenvalue weighted by Gasteiger charge is -2.23. The van der Waals surface area contributed by atoms with Crippen molar-refractivity contribution >= 4 is 27.5 Å². The van der Waals surface area contributed by atoms with Crippen molar-refractivity contribution in [3.05, 3.63) is 88.9 Å². The summed E-state index contributed by atoms with van der Waals surface area (Å²) in [5.41, 5.74) is 1.77. The van der Waals surface area contributed by atoms with Crippen molar-refractivity contribution in [3.63, 3.8) is 0 Å². The molecule has 0 atom stereocenters. The number of benzene rings is 3. The number of methoxy groups -OCH3 is 2. The molecule has 0 aliphatic carbocycles. The van der Waals surface area contributed by atoms with Crippen LogP contribution in [-0.4, -0.2) is 45.9 Å². The summed E-state index contributed by atoms with van der Waals surface area (Å²) < 4.78 is 38.6. The Bertz CT molecular complexity index is 1200. The third-order valence-electron chi connectivity index (χ3n) is 5.16. The summed E-state index contributed by atoms with van der Waals surface area (Å²) in [6, 6.07) is 21.0. The van der Waals surface area contributed by atoms with Crippen LogP contribution in [0.5, 0.6) is 11.5 Å². The van der Waals surface area contributed by atoms with Crippen molar-refractivity contribution in [2.75, 3.05) is 27.3 Å². The summed E-state index contributed by atoms with van der Waals surface area (Å²) >= 11 is 6.07. The average Bonchev–Trinajstić information content (AvgIpc) is 2.84. The second kappa shape index (κ2) is 11.9. The van der Waals surface area contributed by atoms with Crippen LogP contribution in [0.25, 0.3) is 0 Å². The predicted octanol–water partition coefficient (Wildman–Crippen LogP) is 3.91. The molecule has 9 heteroatoms. The Balaban J connectivity index is 1.76. The monoisotopic (exact) mass is 502 g/mol. The average molecular weight is 503 g/mol. The van der Waals surface area contributed by atoms with Gasteiger partial charge in [-0.1, -0.05) is 54.1 Å². The highest BCUT2D eigenvalue weighted by molar-refractivity contribution is 7.89. The van der Waals surface area contributed by atoms with Gasteiger partial charge in [-0.2, -0.15) is 4.31 Å². The van der Waals surface area contributed by atoms with Crippen molar-refractivity contribution in [2.24, 2.45) is 0 Å². The molecular weight excluding hydrogens is 476 g/mol. The van der Waals surface area contributed by atoms with Gasteiger partial charge in [-0.3, -0.25) is 4.79 Å². The molecule has 0 radical (unpaired) electrons. The molecule has 3 aromatic rings. The van der Waals surface area contributed by atoms with E-state index in [1.807, 2.05) is 42.5 Å². The molecular formula is C25H27ClN2O5S. The number of sulfonamides is 1. The van der Waals surface area contributed by atoms with E-state index >= 15 is 0 Å². The normalized spacial score (nSPS) is 11.3. The summed E-state index contributed by atoms with van der Waals surface area (Å²) in [7, 11) is -1.11. The zero-order valence-electron chi connectivity index (χ0n) is 19.0. The molecule has 7 nitrogen and oxygen atoms in total. The fourth-order valence-corrected chi connectivity index (χ4v) is 5.16. The zero-order valence-corrected chi connectivity index (χ0v) is 20.6. The fourth-order valence-electron chi connectivity index (χ4n) is 3.36. The van der Waals surface area contributed by atoms with Crippen LogP contribution < -0.4 is 14.8 Å². The number of rotatable bonds is 11. The van der Waals surface area contributed by atoms with Gasteiger partial charge in [-0.05, 0) is 47.9 Å². The Morgan fingerprint density at radius 2 is 1.65 bits per heavy atom. The van der Waals surface area contributed by atoms with E-state index in [1.165, 1.54) is 19.2 Å². The van der Waals surface area contributed by atoms with Crippen molar-refractivity contribution in [1.82, 2.24) is 9.62 Å². The van der Waals surface area contributed by atoms with E-state index in [4.69, 9.17) is 21.1 Å². The fraction of sp³-hybridized carbons (Fsp3) is 0.240. The van der Waals surface area contributed by atoms with Gasteiger partial charge in [-0.15, -0.1) is 0 Å². The van der Waals surface area contributed by atoms with Gasteiger partial charge in [0.1, 0.15) is 16.4 Å². The van der Waals surface area contributed by atoms with Gasteiger partial charge in [0.15, 0.2) is 0 Å². The minimum atomic E-state index is -4.10. The van der Waals surface area contributed by atoms with E-state index in [9.17, 15) is 13.2 Å². The standard InChI is InChI=1S/C25H27ClN2O5S/c1-32-22-11-8-19(9-12-22)14-15-27-25(29)18-28(17-20-6-4-3-5-7-20)34(30,31)24-16-21(26)10-13-23(24)33-2/h3-13,16H,14-15,17-18H2,1-2H3,(H,27,29). The van der Waals surface area contributed by atoms with Crippen molar-refractivity contribution < 1.29 is 22.7 Å². The third-order valence-corrected chi connectivity index (χ3v) is 7.21. The summed E-state index contributed by atoms with van der Waals surface area (Å²) in [6.07, 6.45) is 0.600. The number of amides is 1. The van der Waals surface area contributed by atoms with E-state index in [-0.39, 0.29) is 28.8 Å². The van der Waals surface area contributed by atoms with Crippen LogP contribution in [0, 0.1) is 0 Å². The number of carbonyl (C=O) groups is 1. The van der Waals surface area contributed by atoms with E-state index in [0.29, 0.717) is 13.0 Å². The Hall–Kier alpha value is -3.07. The van der Waals surface area contributed by atoms with Gasteiger partial charge in [-0.25, -0.2) is 8.42 Å². The molecule has 0 aliphatic heterocycles. The molecule has 0 aromatic heterocycles. The predicted molar refractivity (Wildman–Crippen MR) is 132 cm³/mol. The number of carbonyl (C=O) groups excluding carboxylic acids is 1. The Labute approximate surface area is 205 Å². The van der Waals surface area contributed by atoms with E-state index < -0.39 is 15.9 Å². The van der Waals surface area contributed by atoms with E-state index in [0.717, 1.165) is 21.2 Å². The molecule has 3 aromatic carbocycles. The van der Waals surface area contributed by atoms with Gasteiger partial charge in [0.2, 0.25) is 15.9 Å². The summed E-state index contributed by atoms with van der Waals surface area (Å²) in [5.74, 6) is 0.502. The Morgan fingerprint density at radius 3 is 2.29 bits per heavy atom. The molecule has 0 fully saturated rings.